The van der Waals surface area contributed by atoms with Gasteiger partial charge in [0, 0.05) is 34.1 Å². The number of anilines is 1. The number of carbonyl (C=O) groups excluding carboxylic acids is 2. The first kappa shape index (κ1) is 20.2. The van der Waals surface area contributed by atoms with Gasteiger partial charge in [0.1, 0.15) is 5.82 Å². The van der Waals surface area contributed by atoms with Crippen molar-refractivity contribution in [3.8, 4) is 0 Å². The molecule has 0 atom stereocenters. The van der Waals surface area contributed by atoms with E-state index in [2.05, 4.69) is 0 Å². The zero-order valence-corrected chi connectivity index (χ0v) is 16.1. The minimum atomic E-state index is -0.756. The van der Waals surface area contributed by atoms with Gasteiger partial charge >= 0.3 is 5.97 Å². The molecular formula is C20H14ClFN2O5. The molecule has 1 aliphatic rings. The van der Waals surface area contributed by atoms with E-state index in [1.165, 1.54) is 60.6 Å². The van der Waals surface area contributed by atoms with Crippen LogP contribution in [0.2, 0.25) is 5.02 Å². The summed E-state index contributed by atoms with van der Waals surface area (Å²) < 4.78 is 18.1. The van der Waals surface area contributed by atoms with Crippen molar-refractivity contribution >= 4 is 40.9 Å². The molecule has 148 valence electrons. The highest BCUT2D eigenvalue weighted by Gasteiger charge is 2.38. The van der Waals surface area contributed by atoms with Gasteiger partial charge in [-0.3, -0.25) is 19.8 Å². The second-order valence-corrected chi connectivity index (χ2v) is 6.50. The standard InChI is InChI=1S/C20H14ClFN2O5/c1-11-18(20(26)29-2)16(10-12-9-15(24(27)28)7-8-17(12)21)19(25)23(11)14-5-3-13(22)4-6-14/h3-10H,1-2H3/b16-10-. The van der Waals surface area contributed by atoms with Crippen LogP contribution in [0.25, 0.3) is 6.08 Å². The third-order valence-electron chi connectivity index (χ3n) is 4.36. The number of amides is 1. The van der Waals surface area contributed by atoms with Gasteiger partial charge in [-0.15, -0.1) is 0 Å². The maximum atomic E-state index is 13.3. The Hall–Kier alpha value is -3.52. The number of nitro groups is 1. The van der Waals surface area contributed by atoms with Gasteiger partial charge < -0.3 is 4.74 Å². The van der Waals surface area contributed by atoms with Gasteiger partial charge in [-0.1, -0.05) is 11.6 Å². The summed E-state index contributed by atoms with van der Waals surface area (Å²) in [6.45, 7) is 1.55. The third-order valence-corrected chi connectivity index (χ3v) is 4.71. The minimum Gasteiger partial charge on any atom is -0.465 e. The summed E-state index contributed by atoms with van der Waals surface area (Å²) >= 11 is 6.13. The zero-order chi connectivity index (χ0) is 21.3. The lowest BCUT2D eigenvalue weighted by Gasteiger charge is -2.17. The number of carbonyl (C=O) groups is 2. The van der Waals surface area contributed by atoms with Gasteiger partial charge in [-0.05, 0) is 43.3 Å². The molecule has 1 heterocycles. The van der Waals surface area contributed by atoms with E-state index in [1.807, 2.05) is 0 Å². The number of nitro benzene ring substituents is 1. The van der Waals surface area contributed by atoms with Gasteiger partial charge in [0.2, 0.25) is 0 Å². The molecule has 2 aromatic rings. The second kappa shape index (κ2) is 7.84. The molecule has 0 spiro atoms. The molecule has 0 saturated carbocycles. The van der Waals surface area contributed by atoms with E-state index >= 15 is 0 Å². The first-order valence-corrected chi connectivity index (χ1v) is 8.67. The van der Waals surface area contributed by atoms with Gasteiger partial charge in [0.15, 0.2) is 0 Å². The van der Waals surface area contributed by atoms with Crippen LogP contribution in [0.5, 0.6) is 0 Å². The molecule has 0 N–H and O–H groups in total. The van der Waals surface area contributed by atoms with Crippen molar-refractivity contribution in [3.63, 3.8) is 0 Å². The van der Waals surface area contributed by atoms with Crippen LogP contribution < -0.4 is 4.90 Å². The number of ether oxygens (including phenoxy) is 1. The van der Waals surface area contributed by atoms with Crippen LogP contribution in [-0.2, 0) is 14.3 Å². The van der Waals surface area contributed by atoms with E-state index in [1.54, 1.807) is 6.92 Å². The topological polar surface area (TPSA) is 89.8 Å². The Labute approximate surface area is 169 Å². The smallest absolute Gasteiger partial charge is 0.340 e. The van der Waals surface area contributed by atoms with Crippen LogP contribution in [0.1, 0.15) is 12.5 Å². The third kappa shape index (κ3) is 3.74. The van der Waals surface area contributed by atoms with E-state index in [0.29, 0.717) is 5.69 Å². The van der Waals surface area contributed by atoms with Crippen LogP contribution in [0.3, 0.4) is 0 Å². The zero-order valence-electron chi connectivity index (χ0n) is 15.3. The number of benzene rings is 2. The summed E-state index contributed by atoms with van der Waals surface area (Å²) in [6.07, 6.45) is 1.30. The van der Waals surface area contributed by atoms with Gasteiger partial charge in [-0.2, -0.15) is 0 Å². The Balaban J connectivity index is 2.17. The quantitative estimate of drug-likeness (QED) is 0.321. The SMILES string of the molecule is COC(=O)C1=C(C)N(c2ccc(F)cc2)C(=O)/C1=C\c1cc([N+](=O)[O-])ccc1Cl. The van der Waals surface area contributed by atoms with E-state index in [0.717, 1.165) is 0 Å². The Morgan fingerprint density at radius 1 is 1.24 bits per heavy atom. The van der Waals surface area contributed by atoms with E-state index in [4.69, 9.17) is 16.3 Å². The number of halogens is 2. The predicted octanol–water partition coefficient (Wildman–Crippen LogP) is 4.26. The summed E-state index contributed by atoms with van der Waals surface area (Å²) in [5.41, 5.74) is 0.553. The Morgan fingerprint density at radius 2 is 1.90 bits per heavy atom. The molecule has 0 radical (unpaired) electrons. The molecule has 29 heavy (non-hydrogen) atoms. The molecule has 3 rings (SSSR count). The number of hydrogen-bond acceptors (Lipinski definition) is 5. The Morgan fingerprint density at radius 3 is 2.48 bits per heavy atom. The molecule has 0 fully saturated rings. The Bertz CT molecular complexity index is 1090. The maximum absolute atomic E-state index is 13.3. The highest BCUT2D eigenvalue weighted by Crippen LogP contribution is 2.36. The molecule has 2 aromatic carbocycles. The normalized spacial score (nSPS) is 15.2. The number of rotatable bonds is 4. The van der Waals surface area contributed by atoms with Gasteiger partial charge in [0.05, 0.1) is 23.2 Å². The van der Waals surface area contributed by atoms with Crippen LogP contribution in [-0.4, -0.2) is 23.9 Å². The molecule has 0 bridgehead atoms. The van der Waals surface area contributed by atoms with Crippen molar-refractivity contribution in [1.29, 1.82) is 0 Å². The molecule has 9 heteroatoms. The largest absolute Gasteiger partial charge is 0.465 e. The summed E-state index contributed by atoms with van der Waals surface area (Å²) in [6, 6.07) is 8.93. The predicted molar refractivity (Wildman–Crippen MR) is 105 cm³/mol. The average molecular weight is 417 g/mol. The van der Waals surface area contributed by atoms with Crippen molar-refractivity contribution in [2.45, 2.75) is 6.92 Å². The van der Waals surface area contributed by atoms with Crippen molar-refractivity contribution in [3.05, 3.63) is 85.8 Å². The lowest BCUT2D eigenvalue weighted by molar-refractivity contribution is -0.384. The van der Waals surface area contributed by atoms with Crippen LogP contribution in [0, 0.1) is 15.9 Å². The lowest BCUT2D eigenvalue weighted by atomic mass is 10.0. The monoisotopic (exact) mass is 416 g/mol. The Kier molecular flexibility index (Phi) is 5.47. The molecule has 7 nitrogen and oxygen atoms in total. The molecule has 0 saturated heterocycles. The highest BCUT2D eigenvalue weighted by molar-refractivity contribution is 6.32. The number of nitrogens with zero attached hydrogens (tertiary/aromatic N) is 2. The molecular weight excluding hydrogens is 403 g/mol. The van der Waals surface area contributed by atoms with Crippen molar-refractivity contribution in [2.75, 3.05) is 12.0 Å². The molecule has 0 aliphatic carbocycles. The van der Waals surface area contributed by atoms with Crippen LogP contribution >= 0.6 is 11.6 Å². The lowest BCUT2D eigenvalue weighted by Crippen LogP contribution is -2.24. The summed E-state index contributed by atoms with van der Waals surface area (Å²) in [5, 5.41) is 11.2. The highest BCUT2D eigenvalue weighted by atomic mass is 35.5. The number of methoxy groups -OCH3 is 1. The fraction of sp³-hybridized carbons (Fsp3) is 0.100. The van der Waals surface area contributed by atoms with Crippen molar-refractivity contribution in [1.82, 2.24) is 0 Å². The van der Waals surface area contributed by atoms with Crippen LogP contribution in [0.15, 0.2) is 59.3 Å². The molecule has 1 aliphatic heterocycles. The van der Waals surface area contributed by atoms with Crippen LogP contribution in [0.4, 0.5) is 15.8 Å². The van der Waals surface area contributed by atoms with Crippen molar-refractivity contribution in [2.24, 2.45) is 0 Å². The molecule has 1 amide bonds. The molecule has 0 unspecified atom stereocenters. The number of non-ortho nitro benzene ring substituents is 1. The first-order valence-electron chi connectivity index (χ1n) is 8.29. The van der Waals surface area contributed by atoms with Gasteiger partial charge in [-0.25, -0.2) is 9.18 Å². The van der Waals surface area contributed by atoms with Crippen molar-refractivity contribution < 1.29 is 23.6 Å². The fourth-order valence-corrected chi connectivity index (χ4v) is 3.16. The summed E-state index contributed by atoms with van der Waals surface area (Å²) in [7, 11) is 1.17. The fourth-order valence-electron chi connectivity index (χ4n) is 2.99. The first-order chi connectivity index (χ1) is 13.7. The van der Waals surface area contributed by atoms with E-state index in [9.17, 15) is 24.1 Å². The van der Waals surface area contributed by atoms with E-state index < -0.39 is 22.6 Å². The minimum absolute atomic E-state index is 0.00982. The summed E-state index contributed by atoms with van der Waals surface area (Å²) in [5.74, 6) is -1.81. The summed E-state index contributed by atoms with van der Waals surface area (Å²) in [4.78, 5) is 37.2. The number of allylic oxidation sites excluding steroid dienone is 1. The van der Waals surface area contributed by atoms with Gasteiger partial charge in [0.25, 0.3) is 11.6 Å². The number of hydrogen-bond donors (Lipinski definition) is 0. The van der Waals surface area contributed by atoms with E-state index in [-0.39, 0.29) is 33.1 Å². The molecule has 0 aromatic heterocycles. The second-order valence-electron chi connectivity index (χ2n) is 6.09. The average Bonchev–Trinajstić information content (AvgIpc) is 2.93. The number of esters is 1. The maximum Gasteiger partial charge on any atom is 0.340 e.